The Morgan fingerprint density at radius 2 is 2.06 bits per heavy atom. The van der Waals surface area contributed by atoms with Gasteiger partial charge in [0, 0.05) is 13.7 Å². The summed E-state index contributed by atoms with van der Waals surface area (Å²) in [5.74, 6) is 0.645. The van der Waals surface area contributed by atoms with E-state index in [1.165, 1.54) is 0 Å². The quantitative estimate of drug-likeness (QED) is 0.642. The molecule has 4 nitrogen and oxygen atoms in total. The molecule has 96 valence electrons. The standard InChI is InChI=1S/C12H24O4/c1-15-12-9-10(4-5-11(12)14)3-2-7-16-8-6-13/h10-14H,2-9H2,1H3. The van der Waals surface area contributed by atoms with Crippen LogP contribution in [0.2, 0.25) is 0 Å². The number of hydrogen-bond acceptors (Lipinski definition) is 4. The molecule has 3 atom stereocenters. The molecule has 0 aromatic carbocycles. The van der Waals surface area contributed by atoms with Crippen molar-refractivity contribution in [1.82, 2.24) is 0 Å². The van der Waals surface area contributed by atoms with Crippen molar-refractivity contribution < 1.29 is 19.7 Å². The predicted molar refractivity (Wildman–Crippen MR) is 61.3 cm³/mol. The molecular formula is C12H24O4. The number of rotatable bonds is 7. The molecule has 2 N–H and O–H groups in total. The van der Waals surface area contributed by atoms with E-state index in [0.29, 0.717) is 12.5 Å². The molecule has 0 heterocycles. The van der Waals surface area contributed by atoms with Crippen LogP contribution in [0.1, 0.15) is 32.1 Å². The average Bonchev–Trinajstić information content (AvgIpc) is 2.31. The lowest BCUT2D eigenvalue weighted by atomic mass is 9.83. The first-order chi connectivity index (χ1) is 7.77. The monoisotopic (exact) mass is 232 g/mol. The van der Waals surface area contributed by atoms with E-state index in [9.17, 15) is 5.11 Å². The first-order valence-electron chi connectivity index (χ1n) is 6.17. The van der Waals surface area contributed by atoms with E-state index < -0.39 is 0 Å². The third kappa shape index (κ3) is 4.78. The second kappa shape index (κ2) is 8.01. The summed E-state index contributed by atoms with van der Waals surface area (Å²) in [6.45, 7) is 1.25. The summed E-state index contributed by atoms with van der Waals surface area (Å²) in [7, 11) is 1.67. The van der Waals surface area contributed by atoms with Gasteiger partial charge in [-0.2, -0.15) is 0 Å². The second-order valence-corrected chi connectivity index (χ2v) is 4.50. The van der Waals surface area contributed by atoms with E-state index in [0.717, 1.165) is 38.7 Å². The predicted octanol–water partition coefficient (Wildman–Crippen LogP) is 0.951. The zero-order chi connectivity index (χ0) is 11.8. The van der Waals surface area contributed by atoms with Crippen molar-refractivity contribution in [3.8, 4) is 0 Å². The van der Waals surface area contributed by atoms with Crippen LogP contribution in [0, 0.1) is 5.92 Å². The summed E-state index contributed by atoms with van der Waals surface area (Å²) in [5, 5.41) is 18.2. The molecule has 0 aromatic heterocycles. The fourth-order valence-corrected chi connectivity index (χ4v) is 2.35. The number of aliphatic hydroxyl groups is 2. The van der Waals surface area contributed by atoms with Gasteiger partial charge in [0.15, 0.2) is 0 Å². The van der Waals surface area contributed by atoms with Crippen LogP contribution in [0.3, 0.4) is 0 Å². The molecular weight excluding hydrogens is 208 g/mol. The molecule has 1 aliphatic rings. The van der Waals surface area contributed by atoms with Crippen molar-refractivity contribution in [2.24, 2.45) is 5.92 Å². The first-order valence-corrected chi connectivity index (χ1v) is 6.17. The van der Waals surface area contributed by atoms with Gasteiger partial charge in [0.2, 0.25) is 0 Å². The van der Waals surface area contributed by atoms with Gasteiger partial charge in [-0.1, -0.05) is 0 Å². The second-order valence-electron chi connectivity index (χ2n) is 4.50. The van der Waals surface area contributed by atoms with Crippen LogP contribution in [0.15, 0.2) is 0 Å². The average molecular weight is 232 g/mol. The highest BCUT2D eigenvalue weighted by Crippen LogP contribution is 2.29. The summed E-state index contributed by atoms with van der Waals surface area (Å²) in [6.07, 6.45) is 4.76. The van der Waals surface area contributed by atoms with Crippen molar-refractivity contribution in [3.63, 3.8) is 0 Å². The van der Waals surface area contributed by atoms with Crippen LogP contribution in [0.5, 0.6) is 0 Å². The minimum Gasteiger partial charge on any atom is -0.394 e. The van der Waals surface area contributed by atoms with Crippen LogP contribution in [0.25, 0.3) is 0 Å². The Morgan fingerprint density at radius 1 is 1.25 bits per heavy atom. The van der Waals surface area contributed by atoms with E-state index in [4.69, 9.17) is 14.6 Å². The fraction of sp³-hybridized carbons (Fsp3) is 1.00. The van der Waals surface area contributed by atoms with Gasteiger partial charge in [0.25, 0.3) is 0 Å². The molecule has 3 unspecified atom stereocenters. The molecule has 0 saturated heterocycles. The van der Waals surface area contributed by atoms with Crippen LogP contribution in [-0.2, 0) is 9.47 Å². The van der Waals surface area contributed by atoms with Crippen molar-refractivity contribution in [2.75, 3.05) is 26.9 Å². The highest BCUT2D eigenvalue weighted by molar-refractivity contribution is 4.80. The fourth-order valence-electron chi connectivity index (χ4n) is 2.35. The molecule has 0 radical (unpaired) electrons. The van der Waals surface area contributed by atoms with Crippen LogP contribution in [-0.4, -0.2) is 49.4 Å². The largest absolute Gasteiger partial charge is 0.394 e. The van der Waals surface area contributed by atoms with Crippen molar-refractivity contribution in [1.29, 1.82) is 0 Å². The highest BCUT2D eigenvalue weighted by atomic mass is 16.5. The summed E-state index contributed by atoms with van der Waals surface area (Å²) in [5.41, 5.74) is 0. The summed E-state index contributed by atoms with van der Waals surface area (Å²) in [4.78, 5) is 0. The molecule has 0 bridgehead atoms. The minimum absolute atomic E-state index is 0.0112. The zero-order valence-corrected chi connectivity index (χ0v) is 10.1. The molecule has 1 saturated carbocycles. The molecule has 0 aliphatic heterocycles. The Morgan fingerprint density at radius 3 is 2.75 bits per heavy atom. The van der Waals surface area contributed by atoms with Crippen LogP contribution < -0.4 is 0 Å². The van der Waals surface area contributed by atoms with Gasteiger partial charge in [-0.25, -0.2) is 0 Å². The van der Waals surface area contributed by atoms with Crippen LogP contribution in [0.4, 0.5) is 0 Å². The first kappa shape index (κ1) is 13.9. The summed E-state index contributed by atoms with van der Waals surface area (Å²) in [6, 6.07) is 0. The SMILES string of the molecule is COC1CC(CCCOCCO)CCC1O. The van der Waals surface area contributed by atoms with Crippen LogP contribution >= 0.6 is 0 Å². The van der Waals surface area contributed by atoms with E-state index >= 15 is 0 Å². The summed E-state index contributed by atoms with van der Waals surface area (Å²) < 4.78 is 10.5. The van der Waals surface area contributed by atoms with Gasteiger partial charge in [0.05, 0.1) is 25.4 Å². The maximum atomic E-state index is 9.65. The smallest absolute Gasteiger partial charge is 0.0832 e. The Bertz CT molecular complexity index is 174. The minimum atomic E-state index is -0.285. The van der Waals surface area contributed by atoms with Gasteiger partial charge in [-0.05, 0) is 38.0 Å². The molecule has 0 aromatic rings. The number of methoxy groups -OCH3 is 1. The van der Waals surface area contributed by atoms with Crippen molar-refractivity contribution in [3.05, 3.63) is 0 Å². The van der Waals surface area contributed by atoms with Gasteiger partial charge in [-0.3, -0.25) is 0 Å². The topological polar surface area (TPSA) is 58.9 Å². The van der Waals surface area contributed by atoms with Gasteiger partial charge >= 0.3 is 0 Å². The molecule has 1 fully saturated rings. The molecule has 16 heavy (non-hydrogen) atoms. The molecule has 1 aliphatic carbocycles. The van der Waals surface area contributed by atoms with Crippen molar-refractivity contribution >= 4 is 0 Å². The molecule has 0 amide bonds. The van der Waals surface area contributed by atoms with E-state index in [-0.39, 0.29) is 18.8 Å². The highest BCUT2D eigenvalue weighted by Gasteiger charge is 2.28. The Labute approximate surface area is 97.6 Å². The van der Waals surface area contributed by atoms with E-state index in [1.807, 2.05) is 0 Å². The van der Waals surface area contributed by atoms with Crippen molar-refractivity contribution in [2.45, 2.75) is 44.3 Å². The molecule has 4 heteroatoms. The van der Waals surface area contributed by atoms with Gasteiger partial charge in [-0.15, -0.1) is 0 Å². The third-order valence-electron chi connectivity index (χ3n) is 3.30. The number of ether oxygens (including phenoxy) is 2. The van der Waals surface area contributed by atoms with Gasteiger partial charge < -0.3 is 19.7 Å². The Balaban J connectivity index is 2.08. The third-order valence-corrected chi connectivity index (χ3v) is 3.30. The maximum absolute atomic E-state index is 9.65. The van der Waals surface area contributed by atoms with E-state index in [2.05, 4.69) is 0 Å². The van der Waals surface area contributed by atoms with E-state index in [1.54, 1.807) is 7.11 Å². The maximum Gasteiger partial charge on any atom is 0.0832 e. The Kier molecular flexibility index (Phi) is 6.96. The lowest BCUT2D eigenvalue weighted by molar-refractivity contribution is -0.0522. The number of hydrogen-bond donors (Lipinski definition) is 2. The lowest BCUT2D eigenvalue weighted by Gasteiger charge is -2.32. The summed E-state index contributed by atoms with van der Waals surface area (Å²) >= 11 is 0. The Hall–Kier alpha value is -0.160. The lowest BCUT2D eigenvalue weighted by Crippen LogP contribution is -2.35. The normalized spacial score (nSPS) is 30.6. The number of aliphatic hydroxyl groups excluding tert-OH is 2. The zero-order valence-electron chi connectivity index (χ0n) is 10.1. The molecule has 1 rings (SSSR count). The molecule has 0 spiro atoms. The van der Waals surface area contributed by atoms with Gasteiger partial charge in [0.1, 0.15) is 0 Å².